The molecule has 0 aliphatic heterocycles. The van der Waals surface area contributed by atoms with Gasteiger partial charge in [-0.1, -0.05) is 29.3 Å². The number of halogens is 3. The van der Waals surface area contributed by atoms with E-state index in [9.17, 15) is 0 Å². The fraction of sp³-hybridized carbons (Fsp3) is 0.0833. The molecule has 1 nitrogen and oxygen atoms in total. The number of alkyl halides is 1. The Morgan fingerprint density at radius 1 is 1.06 bits per heavy atom. The normalized spacial score (nSPS) is 10.4. The molecule has 0 aliphatic carbocycles. The lowest BCUT2D eigenvalue weighted by Crippen LogP contribution is -1.85. The van der Waals surface area contributed by atoms with Gasteiger partial charge >= 0.3 is 0 Å². The van der Waals surface area contributed by atoms with Gasteiger partial charge in [-0.05, 0) is 23.8 Å². The summed E-state index contributed by atoms with van der Waals surface area (Å²) in [6.07, 6.45) is 3.49. The van der Waals surface area contributed by atoms with Gasteiger partial charge in [0, 0.05) is 39.4 Å². The Labute approximate surface area is 109 Å². The largest absolute Gasteiger partial charge is 0.264 e. The van der Waals surface area contributed by atoms with E-state index in [1.54, 1.807) is 24.5 Å². The quantitative estimate of drug-likeness (QED) is 0.716. The summed E-state index contributed by atoms with van der Waals surface area (Å²) in [5.74, 6) is 0.437. The highest BCUT2D eigenvalue weighted by molar-refractivity contribution is 6.36. The minimum absolute atomic E-state index is 0.437. The molecular weight excluding hydrogens is 264 g/mol. The van der Waals surface area contributed by atoms with E-state index in [-0.39, 0.29) is 0 Å². The van der Waals surface area contributed by atoms with Gasteiger partial charge in [0.2, 0.25) is 0 Å². The van der Waals surface area contributed by atoms with E-state index < -0.39 is 0 Å². The van der Waals surface area contributed by atoms with Gasteiger partial charge in [-0.2, -0.15) is 0 Å². The molecule has 0 fully saturated rings. The zero-order chi connectivity index (χ0) is 11.5. The van der Waals surface area contributed by atoms with Gasteiger partial charge in [0.1, 0.15) is 0 Å². The highest BCUT2D eigenvalue weighted by Gasteiger charge is 2.05. The first-order valence-electron chi connectivity index (χ1n) is 4.66. The van der Waals surface area contributed by atoms with Gasteiger partial charge in [-0.25, -0.2) is 0 Å². The molecule has 0 saturated heterocycles. The summed E-state index contributed by atoms with van der Waals surface area (Å²) in [4.78, 5) is 4.12. The number of rotatable bonds is 2. The van der Waals surface area contributed by atoms with Crippen LogP contribution in [0.3, 0.4) is 0 Å². The van der Waals surface area contributed by atoms with Gasteiger partial charge in [-0.15, -0.1) is 11.6 Å². The molecule has 0 unspecified atom stereocenters. The van der Waals surface area contributed by atoms with Crippen molar-refractivity contribution < 1.29 is 0 Å². The van der Waals surface area contributed by atoms with E-state index >= 15 is 0 Å². The molecule has 82 valence electrons. The van der Waals surface area contributed by atoms with Crippen LogP contribution in [0, 0.1) is 0 Å². The molecule has 16 heavy (non-hydrogen) atoms. The average Bonchev–Trinajstić information content (AvgIpc) is 2.29. The molecular formula is C12H8Cl3N. The molecule has 0 atom stereocenters. The second-order valence-corrected chi connectivity index (χ2v) is 4.45. The first-order chi connectivity index (χ1) is 7.70. The average molecular weight is 273 g/mol. The van der Waals surface area contributed by atoms with Crippen molar-refractivity contribution in [2.24, 2.45) is 0 Å². The second kappa shape index (κ2) is 5.05. The van der Waals surface area contributed by atoms with Crippen LogP contribution in [0.4, 0.5) is 0 Å². The Morgan fingerprint density at radius 2 is 1.88 bits per heavy atom. The van der Waals surface area contributed by atoms with Crippen molar-refractivity contribution in [1.82, 2.24) is 4.98 Å². The van der Waals surface area contributed by atoms with Crippen molar-refractivity contribution in [3.05, 3.63) is 52.3 Å². The predicted molar refractivity (Wildman–Crippen MR) is 69.3 cm³/mol. The molecule has 0 radical (unpaired) electrons. The van der Waals surface area contributed by atoms with E-state index in [0.29, 0.717) is 15.9 Å². The molecule has 4 heteroatoms. The summed E-state index contributed by atoms with van der Waals surface area (Å²) in [7, 11) is 0. The molecule has 0 bridgehead atoms. The number of nitrogens with zero attached hydrogens (tertiary/aromatic N) is 1. The third kappa shape index (κ3) is 2.49. The van der Waals surface area contributed by atoms with Gasteiger partial charge in [-0.3, -0.25) is 4.98 Å². The molecule has 0 amide bonds. The van der Waals surface area contributed by atoms with Crippen LogP contribution in [-0.4, -0.2) is 4.98 Å². The van der Waals surface area contributed by atoms with Crippen LogP contribution in [0.1, 0.15) is 5.56 Å². The Bertz CT molecular complexity index is 511. The maximum absolute atomic E-state index is 6.11. The molecule has 1 aromatic heterocycles. The minimum Gasteiger partial charge on any atom is -0.264 e. The topological polar surface area (TPSA) is 12.9 Å². The van der Waals surface area contributed by atoms with E-state index in [2.05, 4.69) is 4.98 Å². The van der Waals surface area contributed by atoms with Gasteiger partial charge in [0.15, 0.2) is 0 Å². The number of hydrogen-bond donors (Lipinski definition) is 0. The van der Waals surface area contributed by atoms with Crippen molar-refractivity contribution in [1.29, 1.82) is 0 Å². The zero-order valence-electron chi connectivity index (χ0n) is 8.25. The van der Waals surface area contributed by atoms with Crippen molar-refractivity contribution >= 4 is 34.8 Å². The number of benzene rings is 1. The molecule has 2 aromatic rings. The Hall–Kier alpha value is -0.760. The fourth-order valence-electron chi connectivity index (χ4n) is 1.43. The van der Waals surface area contributed by atoms with Crippen LogP contribution in [0.5, 0.6) is 0 Å². The summed E-state index contributed by atoms with van der Waals surface area (Å²) < 4.78 is 0. The summed E-state index contributed by atoms with van der Waals surface area (Å²) in [5, 5.41) is 1.23. The van der Waals surface area contributed by atoms with Crippen molar-refractivity contribution in [3.8, 4) is 11.1 Å². The van der Waals surface area contributed by atoms with Crippen LogP contribution in [0.25, 0.3) is 11.1 Å². The molecule has 1 aromatic carbocycles. The first kappa shape index (κ1) is 11.7. The maximum Gasteiger partial charge on any atom is 0.0499 e. The zero-order valence-corrected chi connectivity index (χ0v) is 10.5. The van der Waals surface area contributed by atoms with Crippen LogP contribution >= 0.6 is 34.8 Å². The molecule has 0 spiro atoms. The smallest absolute Gasteiger partial charge is 0.0499 e. The number of pyridine rings is 1. The first-order valence-corrected chi connectivity index (χ1v) is 5.95. The van der Waals surface area contributed by atoms with Crippen LogP contribution in [0.15, 0.2) is 36.7 Å². The second-order valence-electron chi connectivity index (χ2n) is 3.34. The molecule has 0 aliphatic rings. The minimum atomic E-state index is 0.437. The number of aromatic nitrogens is 1. The standard InChI is InChI=1S/C12H8Cl3N/c13-5-8-3-9(7-16-6-8)11-2-1-10(14)4-12(11)15/h1-4,6-7H,5H2. The summed E-state index contributed by atoms with van der Waals surface area (Å²) in [6.45, 7) is 0. The third-order valence-electron chi connectivity index (χ3n) is 2.19. The number of hydrogen-bond acceptors (Lipinski definition) is 1. The summed E-state index contributed by atoms with van der Waals surface area (Å²) in [6, 6.07) is 7.36. The molecule has 1 heterocycles. The summed E-state index contributed by atoms with van der Waals surface area (Å²) >= 11 is 17.7. The third-order valence-corrected chi connectivity index (χ3v) is 3.05. The Morgan fingerprint density at radius 3 is 2.56 bits per heavy atom. The predicted octanol–water partition coefficient (Wildman–Crippen LogP) is 4.79. The van der Waals surface area contributed by atoms with E-state index in [1.165, 1.54) is 0 Å². The van der Waals surface area contributed by atoms with Crippen molar-refractivity contribution in [2.45, 2.75) is 5.88 Å². The van der Waals surface area contributed by atoms with Crippen LogP contribution in [0.2, 0.25) is 10.0 Å². The Kier molecular flexibility index (Phi) is 3.70. The monoisotopic (exact) mass is 271 g/mol. The molecule has 2 rings (SSSR count). The van der Waals surface area contributed by atoms with Crippen molar-refractivity contribution in [2.75, 3.05) is 0 Å². The SMILES string of the molecule is ClCc1cncc(-c2ccc(Cl)cc2Cl)c1. The van der Waals surface area contributed by atoms with Crippen molar-refractivity contribution in [3.63, 3.8) is 0 Å². The van der Waals surface area contributed by atoms with E-state index in [4.69, 9.17) is 34.8 Å². The molecule has 0 saturated carbocycles. The maximum atomic E-state index is 6.11. The lowest BCUT2D eigenvalue weighted by atomic mass is 10.1. The Balaban J connectivity index is 2.49. The highest BCUT2D eigenvalue weighted by Crippen LogP contribution is 2.30. The van der Waals surface area contributed by atoms with Gasteiger partial charge in [0.05, 0.1) is 0 Å². The molecule has 0 N–H and O–H groups in total. The van der Waals surface area contributed by atoms with E-state index in [1.807, 2.05) is 12.1 Å². The lowest BCUT2D eigenvalue weighted by Gasteiger charge is -2.05. The lowest BCUT2D eigenvalue weighted by molar-refractivity contribution is 1.25. The fourth-order valence-corrected chi connectivity index (χ4v) is 2.10. The van der Waals surface area contributed by atoms with E-state index in [0.717, 1.165) is 16.7 Å². The highest BCUT2D eigenvalue weighted by atomic mass is 35.5. The van der Waals surface area contributed by atoms with Crippen LogP contribution < -0.4 is 0 Å². The van der Waals surface area contributed by atoms with Gasteiger partial charge in [0.25, 0.3) is 0 Å². The summed E-state index contributed by atoms with van der Waals surface area (Å²) in [5.41, 5.74) is 2.82. The van der Waals surface area contributed by atoms with Crippen LogP contribution in [-0.2, 0) is 5.88 Å². The van der Waals surface area contributed by atoms with Gasteiger partial charge < -0.3 is 0 Å².